The first-order chi connectivity index (χ1) is 5.74. The molecule has 1 aliphatic carbocycles. The van der Waals surface area contributed by atoms with Crippen molar-refractivity contribution in [2.45, 2.75) is 51.6 Å². The second-order valence-corrected chi connectivity index (χ2v) is 3.99. The molecule has 0 bridgehead atoms. The van der Waals surface area contributed by atoms with Gasteiger partial charge < -0.3 is 5.32 Å². The molecule has 3 atom stereocenters. The predicted molar refractivity (Wildman–Crippen MR) is 52.9 cm³/mol. The topological polar surface area (TPSA) is 12.0 Å². The average Bonchev–Trinajstić information content (AvgIpc) is 2.37. The second kappa shape index (κ2) is 4.52. The van der Waals surface area contributed by atoms with E-state index in [-0.39, 0.29) is 0 Å². The summed E-state index contributed by atoms with van der Waals surface area (Å²) in [6.45, 7) is 4.50. The first kappa shape index (κ1) is 9.61. The van der Waals surface area contributed by atoms with Crippen molar-refractivity contribution < 1.29 is 0 Å². The van der Waals surface area contributed by atoms with E-state index in [1.165, 1.54) is 19.3 Å². The molecule has 0 aromatic carbocycles. The molecule has 0 aromatic rings. The molecule has 1 rings (SSSR count). The molecule has 0 amide bonds. The summed E-state index contributed by atoms with van der Waals surface area (Å²) in [5.74, 6) is 3.53. The van der Waals surface area contributed by atoms with Gasteiger partial charge >= 0.3 is 0 Å². The van der Waals surface area contributed by atoms with E-state index in [9.17, 15) is 0 Å². The van der Waals surface area contributed by atoms with Crippen LogP contribution >= 0.6 is 0 Å². The molecule has 0 aliphatic heterocycles. The van der Waals surface area contributed by atoms with Crippen LogP contribution in [-0.2, 0) is 0 Å². The van der Waals surface area contributed by atoms with Crippen LogP contribution in [0, 0.1) is 18.3 Å². The molecule has 0 radical (unpaired) electrons. The highest BCUT2D eigenvalue weighted by Crippen LogP contribution is 2.25. The van der Waals surface area contributed by atoms with Crippen LogP contribution in [-0.4, -0.2) is 12.1 Å². The van der Waals surface area contributed by atoms with Gasteiger partial charge in [0, 0.05) is 18.5 Å². The van der Waals surface area contributed by atoms with Gasteiger partial charge in [-0.15, -0.1) is 12.3 Å². The lowest BCUT2D eigenvalue weighted by molar-refractivity contribution is 0.386. The third kappa shape index (κ3) is 2.53. The highest BCUT2D eigenvalue weighted by atomic mass is 15.0. The summed E-state index contributed by atoms with van der Waals surface area (Å²) < 4.78 is 0. The Kier molecular flexibility index (Phi) is 3.62. The van der Waals surface area contributed by atoms with Crippen molar-refractivity contribution in [3.63, 3.8) is 0 Å². The lowest BCUT2D eigenvalue weighted by atomic mass is 10.1. The van der Waals surface area contributed by atoms with E-state index in [0.717, 1.165) is 12.3 Å². The third-order valence-electron chi connectivity index (χ3n) is 2.78. The molecule has 0 saturated heterocycles. The van der Waals surface area contributed by atoms with Gasteiger partial charge in [-0.25, -0.2) is 0 Å². The Morgan fingerprint density at radius 3 is 2.83 bits per heavy atom. The Hall–Kier alpha value is -0.480. The van der Waals surface area contributed by atoms with Gasteiger partial charge in [-0.05, 0) is 25.7 Å². The number of hydrogen-bond donors (Lipinski definition) is 1. The van der Waals surface area contributed by atoms with Crippen molar-refractivity contribution in [2.75, 3.05) is 0 Å². The largest absolute Gasteiger partial charge is 0.310 e. The quantitative estimate of drug-likeness (QED) is 0.632. The predicted octanol–water partition coefficient (Wildman–Crippen LogP) is 2.18. The molecule has 1 heteroatoms. The van der Waals surface area contributed by atoms with E-state index in [0.29, 0.717) is 12.1 Å². The van der Waals surface area contributed by atoms with Crippen LogP contribution in [0.4, 0.5) is 0 Å². The molecular weight excluding hydrogens is 146 g/mol. The fourth-order valence-corrected chi connectivity index (χ4v) is 1.99. The monoisotopic (exact) mass is 165 g/mol. The molecule has 0 aromatic heterocycles. The smallest absolute Gasteiger partial charge is 0.0238 e. The fraction of sp³-hybridized carbons (Fsp3) is 0.818. The Morgan fingerprint density at radius 1 is 1.58 bits per heavy atom. The summed E-state index contributed by atoms with van der Waals surface area (Å²) >= 11 is 0. The normalized spacial score (nSPS) is 31.4. The molecule has 1 fully saturated rings. The fourth-order valence-electron chi connectivity index (χ4n) is 1.99. The van der Waals surface area contributed by atoms with Crippen LogP contribution < -0.4 is 5.32 Å². The SMILES string of the molecule is C#CCC(C)NC1CCCC1C. The van der Waals surface area contributed by atoms with Gasteiger partial charge in [0.2, 0.25) is 0 Å². The van der Waals surface area contributed by atoms with Crippen LogP contribution in [0.1, 0.15) is 39.5 Å². The van der Waals surface area contributed by atoms with E-state index >= 15 is 0 Å². The first-order valence-electron chi connectivity index (χ1n) is 4.93. The van der Waals surface area contributed by atoms with Gasteiger partial charge in [0.25, 0.3) is 0 Å². The Bertz CT molecular complexity index is 168. The molecule has 1 aliphatic rings. The van der Waals surface area contributed by atoms with Crippen LogP contribution in [0.5, 0.6) is 0 Å². The van der Waals surface area contributed by atoms with E-state index in [2.05, 4.69) is 25.1 Å². The molecule has 12 heavy (non-hydrogen) atoms. The van der Waals surface area contributed by atoms with Gasteiger partial charge in [-0.2, -0.15) is 0 Å². The zero-order valence-electron chi connectivity index (χ0n) is 8.14. The number of rotatable bonds is 3. The lowest BCUT2D eigenvalue weighted by Gasteiger charge is -2.21. The number of terminal acetylenes is 1. The molecule has 1 nitrogen and oxygen atoms in total. The summed E-state index contributed by atoms with van der Waals surface area (Å²) in [7, 11) is 0. The zero-order chi connectivity index (χ0) is 8.97. The standard InChI is InChI=1S/C11H19N/c1-4-6-10(3)12-11-8-5-7-9(11)2/h1,9-12H,5-8H2,2-3H3. The minimum atomic E-state index is 0.487. The summed E-state index contributed by atoms with van der Waals surface area (Å²) in [6.07, 6.45) is 10.2. The summed E-state index contributed by atoms with van der Waals surface area (Å²) in [5.41, 5.74) is 0. The summed E-state index contributed by atoms with van der Waals surface area (Å²) in [4.78, 5) is 0. The zero-order valence-corrected chi connectivity index (χ0v) is 8.14. The summed E-state index contributed by atoms with van der Waals surface area (Å²) in [6, 6.07) is 1.20. The van der Waals surface area contributed by atoms with Crippen molar-refractivity contribution in [2.24, 2.45) is 5.92 Å². The van der Waals surface area contributed by atoms with Crippen LogP contribution in [0.3, 0.4) is 0 Å². The van der Waals surface area contributed by atoms with Gasteiger partial charge in [0.05, 0.1) is 0 Å². The van der Waals surface area contributed by atoms with Crippen LogP contribution in [0.2, 0.25) is 0 Å². The first-order valence-corrected chi connectivity index (χ1v) is 4.93. The van der Waals surface area contributed by atoms with Crippen LogP contribution in [0.15, 0.2) is 0 Å². The van der Waals surface area contributed by atoms with Gasteiger partial charge in [0.15, 0.2) is 0 Å². The Morgan fingerprint density at radius 2 is 2.33 bits per heavy atom. The molecular formula is C11H19N. The highest BCUT2D eigenvalue weighted by Gasteiger charge is 2.23. The van der Waals surface area contributed by atoms with Crippen molar-refractivity contribution in [1.82, 2.24) is 5.32 Å². The number of nitrogens with one attached hydrogen (secondary N) is 1. The van der Waals surface area contributed by atoms with Gasteiger partial charge in [-0.1, -0.05) is 13.3 Å². The molecule has 1 N–H and O–H groups in total. The average molecular weight is 165 g/mol. The van der Waals surface area contributed by atoms with Gasteiger partial charge in [0.1, 0.15) is 0 Å². The maximum Gasteiger partial charge on any atom is 0.0238 e. The van der Waals surface area contributed by atoms with E-state index in [1.54, 1.807) is 0 Å². The van der Waals surface area contributed by atoms with Crippen molar-refractivity contribution in [3.8, 4) is 12.3 Å². The minimum Gasteiger partial charge on any atom is -0.310 e. The van der Waals surface area contributed by atoms with Crippen LogP contribution in [0.25, 0.3) is 0 Å². The van der Waals surface area contributed by atoms with Crippen molar-refractivity contribution in [3.05, 3.63) is 0 Å². The van der Waals surface area contributed by atoms with E-state index in [4.69, 9.17) is 6.42 Å². The van der Waals surface area contributed by atoms with E-state index in [1.807, 2.05) is 0 Å². The summed E-state index contributed by atoms with van der Waals surface area (Å²) in [5, 5.41) is 3.59. The van der Waals surface area contributed by atoms with Gasteiger partial charge in [-0.3, -0.25) is 0 Å². The maximum atomic E-state index is 5.25. The maximum absolute atomic E-state index is 5.25. The lowest BCUT2D eigenvalue weighted by Crippen LogP contribution is -2.37. The Labute approximate surface area is 75.9 Å². The minimum absolute atomic E-state index is 0.487. The number of hydrogen-bond acceptors (Lipinski definition) is 1. The molecule has 0 spiro atoms. The second-order valence-electron chi connectivity index (χ2n) is 3.99. The molecule has 1 saturated carbocycles. The van der Waals surface area contributed by atoms with E-state index < -0.39 is 0 Å². The third-order valence-corrected chi connectivity index (χ3v) is 2.78. The highest BCUT2D eigenvalue weighted by molar-refractivity contribution is 4.90. The van der Waals surface area contributed by atoms with Crippen molar-refractivity contribution >= 4 is 0 Å². The molecule has 68 valence electrons. The van der Waals surface area contributed by atoms with Crippen molar-refractivity contribution in [1.29, 1.82) is 0 Å². The molecule has 3 unspecified atom stereocenters. The Balaban J connectivity index is 2.26. The molecule has 0 heterocycles.